The van der Waals surface area contributed by atoms with E-state index < -0.39 is 9.84 Å². The number of allylic oxidation sites excluding steroid dienone is 3. The Kier molecular flexibility index (Phi) is 8.14. The number of aliphatic imine (C=N–C) groups is 1. The van der Waals surface area contributed by atoms with Crippen LogP contribution in [-0.4, -0.2) is 51.2 Å². The summed E-state index contributed by atoms with van der Waals surface area (Å²) in [7, 11) is -3.19. The second-order valence-electron chi connectivity index (χ2n) is 9.42. The van der Waals surface area contributed by atoms with Crippen LogP contribution in [0.25, 0.3) is 0 Å². The summed E-state index contributed by atoms with van der Waals surface area (Å²) >= 11 is 0. The average Bonchev–Trinajstić information content (AvgIpc) is 3.37. The Labute approximate surface area is 191 Å². The largest absolute Gasteiger partial charge is 0.478 e. The second-order valence-corrected chi connectivity index (χ2v) is 11.6. The summed E-state index contributed by atoms with van der Waals surface area (Å²) in [6, 6.07) is 0. The highest BCUT2D eigenvalue weighted by Crippen LogP contribution is 2.49. The molecule has 1 aliphatic heterocycles. The van der Waals surface area contributed by atoms with Gasteiger partial charge >= 0.3 is 0 Å². The summed E-state index contributed by atoms with van der Waals surface area (Å²) in [5.74, 6) is 4.51. The van der Waals surface area contributed by atoms with Crippen LogP contribution in [-0.2, 0) is 21.0 Å². The van der Waals surface area contributed by atoms with Crippen LogP contribution in [0.15, 0.2) is 32.5 Å². The summed E-state index contributed by atoms with van der Waals surface area (Å²) in [5.41, 5.74) is 0. The normalized spacial score (nSPS) is 23.0. The third-order valence-corrected chi connectivity index (χ3v) is 7.69. The predicted molar refractivity (Wildman–Crippen MR) is 126 cm³/mol. The van der Waals surface area contributed by atoms with E-state index in [1.165, 1.54) is 18.8 Å². The van der Waals surface area contributed by atoms with E-state index in [4.69, 9.17) is 9.26 Å². The van der Waals surface area contributed by atoms with E-state index in [-0.39, 0.29) is 4.91 Å². The first-order chi connectivity index (χ1) is 15.2. The zero-order chi connectivity index (χ0) is 23.3. The Bertz CT molecular complexity index is 943. The summed E-state index contributed by atoms with van der Waals surface area (Å²) in [6.07, 6.45) is 9.62. The minimum absolute atomic E-state index is 0.271. The first-order valence-corrected chi connectivity index (χ1v) is 13.3. The molecule has 8 nitrogen and oxygen atoms in total. The highest BCUT2D eigenvalue weighted by atomic mass is 32.2. The van der Waals surface area contributed by atoms with Crippen molar-refractivity contribution < 1.29 is 17.7 Å². The van der Waals surface area contributed by atoms with Crippen LogP contribution in [0.3, 0.4) is 0 Å². The van der Waals surface area contributed by atoms with Gasteiger partial charge in [-0.25, -0.2) is 13.4 Å². The SMILES string of the molecule is C=N/C(=C\C=C(/C)S(C)(=O)=O)OCC[C@@H]1C[C@@H]1C1CCN(c2noc(CC(C)C)n2)CC1. The fraction of sp³-hybridized carbons (Fsp3) is 0.696. The summed E-state index contributed by atoms with van der Waals surface area (Å²) in [6.45, 7) is 11.9. The molecule has 2 fully saturated rings. The molecule has 0 unspecified atom stereocenters. The van der Waals surface area contributed by atoms with E-state index in [2.05, 4.69) is 40.6 Å². The van der Waals surface area contributed by atoms with Crippen molar-refractivity contribution in [1.82, 2.24) is 10.1 Å². The smallest absolute Gasteiger partial charge is 0.266 e. The van der Waals surface area contributed by atoms with Crippen molar-refractivity contribution in [3.63, 3.8) is 0 Å². The molecule has 3 rings (SSSR count). The van der Waals surface area contributed by atoms with Crippen molar-refractivity contribution in [3.05, 3.63) is 28.8 Å². The average molecular weight is 465 g/mol. The van der Waals surface area contributed by atoms with Crippen molar-refractivity contribution >= 4 is 22.5 Å². The summed E-state index contributed by atoms with van der Waals surface area (Å²) in [4.78, 5) is 10.9. The van der Waals surface area contributed by atoms with Crippen LogP contribution in [0, 0.1) is 23.7 Å². The molecule has 178 valence electrons. The number of rotatable bonds is 11. The van der Waals surface area contributed by atoms with Crippen LogP contribution >= 0.6 is 0 Å². The fourth-order valence-electron chi connectivity index (χ4n) is 4.29. The molecule has 0 radical (unpaired) electrons. The molecule has 0 aromatic carbocycles. The van der Waals surface area contributed by atoms with E-state index in [0.717, 1.165) is 62.4 Å². The van der Waals surface area contributed by atoms with Crippen molar-refractivity contribution in [3.8, 4) is 0 Å². The van der Waals surface area contributed by atoms with Crippen molar-refractivity contribution in [1.29, 1.82) is 0 Å². The molecule has 1 aromatic heterocycles. The van der Waals surface area contributed by atoms with E-state index in [9.17, 15) is 8.42 Å². The Hall–Kier alpha value is -2.16. The number of hydrogen-bond donors (Lipinski definition) is 0. The Balaban J connectivity index is 1.38. The number of ether oxygens (including phenoxy) is 1. The lowest BCUT2D eigenvalue weighted by molar-refractivity contribution is 0.196. The molecule has 2 heterocycles. The van der Waals surface area contributed by atoms with E-state index in [0.29, 0.717) is 24.3 Å². The van der Waals surface area contributed by atoms with Crippen LogP contribution in [0.2, 0.25) is 0 Å². The van der Waals surface area contributed by atoms with Gasteiger partial charge in [-0.1, -0.05) is 13.8 Å². The first-order valence-electron chi connectivity index (χ1n) is 11.4. The molecule has 32 heavy (non-hydrogen) atoms. The van der Waals surface area contributed by atoms with Gasteiger partial charge in [0.15, 0.2) is 9.84 Å². The zero-order valence-electron chi connectivity index (χ0n) is 19.7. The molecule has 1 saturated carbocycles. The molecule has 0 N–H and O–H groups in total. The monoisotopic (exact) mass is 464 g/mol. The third kappa shape index (κ3) is 6.92. The Morgan fingerprint density at radius 1 is 1.34 bits per heavy atom. The standard InChI is InChI=1S/C23H36N4O4S/c1-16(2)14-22-25-23(26-31-22)27-11-8-18(9-12-27)20-15-19(20)10-13-30-21(24-4)7-6-17(3)32(5,28)29/h6-7,16,18-20H,4,8-15H2,1-3,5H3/b17-6+,21-7+/t19-,20-/m1/s1. The zero-order valence-corrected chi connectivity index (χ0v) is 20.5. The molecular weight excluding hydrogens is 428 g/mol. The fourth-order valence-corrected chi connectivity index (χ4v) is 4.60. The molecular formula is C23H36N4O4S. The topological polar surface area (TPSA) is 97.9 Å². The molecule has 1 aromatic rings. The maximum absolute atomic E-state index is 11.5. The maximum Gasteiger partial charge on any atom is 0.266 e. The molecule has 2 atom stereocenters. The molecule has 1 saturated heterocycles. The maximum atomic E-state index is 11.5. The Morgan fingerprint density at radius 3 is 2.69 bits per heavy atom. The van der Waals surface area contributed by atoms with Crippen LogP contribution in [0.5, 0.6) is 0 Å². The highest BCUT2D eigenvalue weighted by molar-refractivity contribution is 7.94. The second kappa shape index (κ2) is 10.6. The van der Waals surface area contributed by atoms with E-state index >= 15 is 0 Å². The van der Waals surface area contributed by atoms with Crippen molar-refractivity contribution in [2.45, 2.75) is 52.9 Å². The molecule has 0 bridgehead atoms. The minimum atomic E-state index is -3.19. The van der Waals surface area contributed by atoms with Gasteiger partial charge in [-0.15, -0.1) is 0 Å². The molecule has 9 heteroatoms. The first kappa shape index (κ1) is 24.5. The van der Waals surface area contributed by atoms with Gasteiger partial charge in [0.25, 0.3) is 5.95 Å². The van der Waals surface area contributed by atoms with E-state index in [1.807, 2.05) is 0 Å². The number of anilines is 1. The lowest BCUT2D eigenvalue weighted by Gasteiger charge is -2.31. The summed E-state index contributed by atoms with van der Waals surface area (Å²) in [5, 5.41) is 4.16. The van der Waals surface area contributed by atoms with Crippen LogP contribution in [0.4, 0.5) is 5.95 Å². The van der Waals surface area contributed by atoms with Gasteiger partial charge in [0.2, 0.25) is 11.8 Å². The Morgan fingerprint density at radius 2 is 2.06 bits per heavy atom. The quantitative estimate of drug-likeness (QED) is 0.277. The predicted octanol–water partition coefficient (Wildman–Crippen LogP) is 4.02. The van der Waals surface area contributed by atoms with Gasteiger partial charge in [0, 0.05) is 36.7 Å². The van der Waals surface area contributed by atoms with Gasteiger partial charge in [-0.3, -0.25) is 0 Å². The van der Waals surface area contributed by atoms with Gasteiger partial charge in [0.1, 0.15) is 0 Å². The van der Waals surface area contributed by atoms with Crippen LogP contribution in [0.1, 0.15) is 52.3 Å². The summed E-state index contributed by atoms with van der Waals surface area (Å²) < 4.78 is 34.0. The van der Waals surface area contributed by atoms with Crippen LogP contribution < -0.4 is 4.90 Å². The number of aromatic nitrogens is 2. The van der Waals surface area contributed by atoms with Gasteiger partial charge in [-0.05, 0) is 74.2 Å². The van der Waals surface area contributed by atoms with Crippen molar-refractivity contribution in [2.75, 3.05) is 30.9 Å². The van der Waals surface area contributed by atoms with Gasteiger partial charge in [-0.2, -0.15) is 4.98 Å². The number of hydrogen-bond acceptors (Lipinski definition) is 8. The van der Waals surface area contributed by atoms with E-state index in [1.54, 1.807) is 13.0 Å². The third-order valence-electron chi connectivity index (χ3n) is 6.39. The van der Waals surface area contributed by atoms with Crippen molar-refractivity contribution in [2.24, 2.45) is 28.7 Å². The van der Waals surface area contributed by atoms with Gasteiger partial charge < -0.3 is 14.2 Å². The van der Waals surface area contributed by atoms with Gasteiger partial charge in [0.05, 0.1) is 6.61 Å². The molecule has 0 spiro atoms. The number of sulfone groups is 1. The molecule has 0 amide bonds. The lowest BCUT2D eigenvalue weighted by atomic mass is 9.90. The molecule has 1 aliphatic carbocycles. The number of piperidine rings is 1. The molecule has 2 aliphatic rings. The highest BCUT2D eigenvalue weighted by Gasteiger charge is 2.43. The number of nitrogens with zero attached hydrogens (tertiary/aromatic N) is 4. The minimum Gasteiger partial charge on any atom is -0.478 e. The lowest BCUT2D eigenvalue weighted by Crippen LogP contribution is -2.35.